The molecule has 0 aliphatic heterocycles. The Hall–Kier alpha value is -1.40. The SMILES string of the molecule is CN(C)Cc1noc(-c2cc(N)cc(Br)c2)n1. The Morgan fingerprint density at radius 1 is 1.35 bits per heavy atom. The van der Waals surface area contributed by atoms with Gasteiger partial charge >= 0.3 is 0 Å². The van der Waals surface area contributed by atoms with E-state index in [0.29, 0.717) is 23.9 Å². The van der Waals surface area contributed by atoms with Crippen molar-refractivity contribution in [1.29, 1.82) is 0 Å². The van der Waals surface area contributed by atoms with Gasteiger partial charge in [0.15, 0.2) is 5.82 Å². The molecular weight excluding hydrogens is 284 g/mol. The predicted octanol–water partition coefficient (Wildman–Crippen LogP) is 2.14. The van der Waals surface area contributed by atoms with Crippen LogP contribution < -0.4 is 5.73 Å². The number of nitrogens with zero attached hydrogens (tertiary/aromatic N) is 3. The third kappa shape index (κ3) is 3.04. The van der Waals surface area contributed by atoms with Crippen molar-refractivity contribution in [2.24, 2.45) is 0 Å². The number of hydrogen-bond donors (Lipinski definition) is 1. The average Bonchev–Trinajstić information content (AvgIpc) is 2.63. The van der Waals surface area contributed by atoms with E-state index < -0.39 is 0 Å². The van der Waals surface area contributed by atoms with Crippen molar-refractivity contribution >= 4 is 21.6 Å². The highest BCUT2D eigenvalue weighted by Crippen LogP contribution is 2.25. The lowest BCUT2D eigenvalue weighted by Gasteiger charge is -2.03. The lowest BCUT2D eigenvalue weighted by Crippen LogP contribution is -2.11. The number of nitrogen functional groups attached to an aromatic ring is 1. The second-order valence-corrected chi connectivity index (χ2v) is 4.94. The highest BCUT2D eigenvalue weighted by molar-refractivity contribution is 9.10. The summed E-state index contributed by atoms with van der Waals surface area (Å²) < 4.78 is 6.09. The first kappa shape index (κ1) is 12.1. The van der Waals surface area contributed by atoms with E-state index in [2.05, 4.69) is 26.1 Å². The molecule has 6 heteroatoms. The molecule has 2 rings (SSSR count). The number of halogens is 1. The minimum Gasteiger partial charge on any atom is -0.399 e. The number of anilines is 1. The summed E-state index contributed by atoms with van der Waals surface area (Å²) in [5, 5.41) is 3.91. The van der Waals surface area contributed by atoms with Gasteiger partial charge < -0.3 is 15.2 Å². The zero-order valence-electron chi connectivity index (χ0n) is 9.64. The Kier molecular flexibility index (Phi) is 3.44. The normalized spacial score (nSPS) is 11.1. The van der Waals surface area contributed by atoms with E-state index in [4.69, 9.17) is 10.3 Å². The third-order valence-corrected chi connectivity index (χ3v) is 2.55. The van der Waals surface area contributed by atoms with Gasteiger partial charge in [-0.25, -0.2) is 0 Å². The first-order valence-corrected chi connectivity index (χ1v) is 5.87. The Labute approximate surface area is 108 Å². The topological polar surface area (TPSA) is 68.2 Å². The van der Waals surface area contributed by atoms with Crippen LogP contribution in [0.15, 0.2) is 27.2 Å². The molecule has 0 atom stereocenters. The number of benzene rings is 1. The lowest BCUT2D eigenvalue weighted by molar-refractivity contribution is 0.365. The lowest BCUT2D eigenvalue weighted by atomic mass is 10.2. The molecule has 90 valence electrons. The highest BCUT2D eigenvalue weighted by Gasteiger charge is 2.10. The van der Waals surface area contributed by atoms with Crippen LogP contribution in [0.25, 0.3) is 11.5 Å². The van der Waals surface area contributed by atoms with Gasteiger partial charge in [-0.1, -0.05) is 21.1 Å². The second-order valence-electron chi connectivity index (χ2n) is 4.03. The van der Waals surface area contributed by atoms with E-state index in [1.54, 1.807) is 6.07 Å². The number of rotatable bonds is 3. The molecule has 1 aromatic heterocycles. The molecule has 0 bridgehead atoms. The van der Waals surface area contributed by atoms with Crippen LogP contribution in [0.5, 0.6) is 0 Å². The van der Waals surface area contributed by atoms with Crippen molar-refractivity contribution < 1.29 is 4.52 Å². The quantitative estimate of drug-likeness (QED) is 0.879. The second kappa shape index (κ2) is 4.85. The fourth-order valence-corrected chi connectivity index (χ4v) is 1.97. The van der Waals surface area contributed by atoms with Crippen LogP contribution in [0.1, 0.15) is 5.82 Å². The zero-order chi connectivity index (χ0) is 12.4. The summed E-state index contributed by atoms with van der Waals surface area (Å²) in [6.07, 6.45) is 0. The van der Waals surface area contributed by atoms with Gasteiger partial charge in [-0.3, -0.25) is 0 Å². The molecule has 0 spiro atoms. The summed E-state index contributed by atoms with van der Waals surface area (Å²) in [4.78, 5) is 6.28. The fraction of sp³-hybridized carbons (Fsp3) is 0.273. The maximum atomic E-state index is 5.76. The monoisotopic (exact) mass is 296 g/mol. The van der Waals surface area contributed by atoms with Crippen LogP contribution in [-0.4, -0.2) is 29.1 Å². The van der Waals surface area contributed by atoms with Gasteiger partial charge in [0.1, 0.15) is 0 Å². The zero-order valence-corrected chi connectivity index (χ0v) is 11.2. The largest absolute Gasteiger partial charge is 0.399 e. The number of hydrogen-bond acceptors (Lipinski definition) is 5. The van der Waals surface area contributed by atoms with E-state index in [1.807, 2.05) is 31.1 Å². The Balaban J connectivity index is 2.30. The molecule has 1 heterocycles. The minimum absolute atomic E-state index is 0.481. The van der Waals surface area contributed by atoms with Crippen molar-refractivity contribution in [3.05, 3.63) is 28.5 Å². The van der Waals surface area contributed by atoms with Crippen LogP contribution in [0.3, 0.4) is 0 Å². The molecule has 2 aromatic rings. The van der Waals surface area contributed by atoms with E-state index in [1.165, 1.54) is 0 Å². The van der Waals surface area contributed by atoms with Gasteiger partial charge in [-0.15, -0.1) is 0 Å². The maximum Gasteiger partial charge on any atom is 0.258 e. The van der Waals surface area contributed by atoms with Crippen LogP contribution in [0.4, 0.5) is 5.69 Å². The van der Waals surface area contributed by atoms with Crippen molar-refractivity contribution in [3.63, 3.8) is 0 Å². The molecule has 0 saturated carbocycles. The molecule has 0 fully saturated rings. The Morgan fingerprint density at radius 3 is 2.76 bits per heavy atom. The Morgan fingerprint density at radius 2 is 2.12 bits per heavy atom. The molecule has 0 radical (unpaired) electrons. The van der Waals surface area contributed by atoms with E-state index in [9.17, 15) is 0 Å². The molecular formula is C11H13BrN4O. The van der Waals surface area contributed by atoms with Gasteiger partial charge in [0, 0.05) is 15.7 Å². The van der Waals surface area contributed by atoms with E-state index >= 15 is 0 Å². The Bertz CT molecular complexity index is 504. The smallest absolute Gasteiger partial charge is 0.258 e. The van der Waals surface area contributed by atoms with Gasteiger partial charge in [0.2, 0.25) is 0 Å². The van der Waals surface area contributed by atoms with Gasteiger partial charge in [0.05, 0.1) is 6.54 Å². The number of aromatic nitrogens is 2. The van der Waals surface area contributed by atoms with Gasteiger partial charge in [-0.2, -0.15) is 4.98 Å². The molecule has 5 nitrogen and oxygen atoms in total. The molecule has 0 aliphatic carbocycles. The molecule has 2 N–H and O–H groups in total. The fourth-order valence-electron chi connectivity index (χ4n) is 1.45. The van der Waals surface area contributed by atoms with Crippen LogP contribution >= 0.6 is 15.9 Å². The van der Waals surface area contributed by atoms with Gasteiger partial charge in [-0.05, 0) is 32.3 Å². The summed E-state index contributed by atoms with van der Waals surface area (Å²) in [7, 11) is 3.90. The van der Waals surface area contributed by atoms with Crippen LogP contribution in [0, 0.1) is 0 Å². The molecule has 1 aromatic carbocycles. The summed E-state index contributed by atoms with van der Waals surface area (Å²) >= 11 is 3.38. The number of nitrogens with two attached hydrogens (primary N) is 1. The highest BCUT2D eigenvalue weighted by atomic mass is 79.9. The van der Waals surface area contributed by atoms with Crippen molar-refractivity contribution in [3.8, 4) is 11.5 Å². The van der Waals surface area contributed by atoms with Crippen molar-refractivity contribution in [1.82, 2.24) is 15.0 Å². The standard InChI is InChI=1S/C11H13BrN4O/c1-16(2)6-10-14-11(17-15-10)7-3-8(12)5-9(13)4-7/h3-5H,6,13H2,1-2H3. The average molecular weight is 297 g/mol. The minimum atomic E-state index is 0.481. The van der Waals surface area contributed by atoms with Crippen LogP contribution in [0.2, 0.25) is 0 Å². The predicted molar refractivity (Wildman–Crippen MR) is 69.2 cm³/mol. The van der Waals surface area contributed by atoms with Crippen LogP contribution in [-0.2, 0) is 6.54 Å². The summed E-state index contributed by atoms with van der Waals surface area (Å²) in [5.41, 5.74) is 7.22. The van der Waals surface area contributed by atoms with Crippen molar-refractivity contribution in [2.75, 3.05) is 19.8 Å². The maximum absolute atomic E-state index is 5.76. The first-order valence-electron chi connectivity index (χ1n) is 5.08. The molecule has 0 aliphatic rings. The molecule has 17 heavy (non-hydrogen) atoms. The summed E-state index contributed by atoms with van der Waals surface area (Å²) in [5.74, 6) is 1.14. The summed E-state index contributed by atoms with van der Waals surface area (Å²) in [6, 6.07) is 5.52. The molecule has 0 unspecified atom stereocenters. The van der Waals surface area contributed by atoms with E-state index in [0.717, 1.165) is 10.0 Å². The molecule has 0 amide bonds. The third-order valence-electron chi connectivity index (χ3n) is 2.09. The van der Waals surface area contributed by atoms with Gasteiger partial charge in [0.25, 0.3) is 5.89 Å². The molecule has 0 saturated heterocycles. The van der Waals surface area contributed by atoms with E-state index in [-0.39, 0.29) is 0 Å². The summed E-state index contributed by atoms with van der Waals surface area (Å²) in [6.45, 7) is 0.646. The van der Waals surface area contributed by atoms with Crippen molar-refractivity contribution in [2.45, 2.75) is 6.54 Å². The first-order chi connectivity index (χ1) is 8.04.